The van der Waals surface area contributed by atoms with Crippen LogP contribution in [0, 0.1) is 11.3 Å². The van der Waals surface area contributed by atoms with Gasteiger partial charge in [-0.2, -0.15) is 5.26 Å². The van der Waals surface area contributed by atoms with Crippen LogP contribution in [-0.4, -0.2) is 75.9 Å². The molecule has 6 aromatic rings. The third-order valence-corrected chi connectivity index (χ3v) is 13.5. The highest BCUT2D eigenvalue weighted by Gasteiger charge is 2.45. The van der Waals surface area contributed by atoms with Crippen molar-refractivity contribution in [3.05, 3.63) is 139 Å². The van der Waals surface area contributed by atoms with Gasteiger partial charge in [0.1, 0.15) is 46.3 Å². The van der Waals surface area contributed by atoms with E-state index in [0.717, 1.165) is 38.1 Å². The fraction of sp³-hybridized carbons (Fsp3) is 0.348. The van der Waals surface area contributed by atoms with E-state index >= 15 is 0 Å². The second-order valence-corrected chi connectivity index (χ2v) is 17.3. The molecule has 4 atom stereocenters. The summed E-state index contributed by atoms with van der Waals surface area (Å²) < 4.78 is 43.3. The summed E-state index contributed by atoms with van der Waals surface area (Å²) in [6.07, 6.45) is 2.48. The summed E-state index contributed by atoms with van der Waals surface area (Å²) in [4.78, 5) is 15.2. The second-order valence-electron chi connectivity index (χ2n) is 14.8. The minimum Gasteiger partial charge on any atom is -0.497 e. The van der Waals surface area contributed by atoms with E-state index in [1.54, 1.807) is 26.9 Å². The summed E-state index contributed by atoms with van der Waals surface area (Å²) in [6.45, 7) is 8.88. The van der Waals surface area contributed by atoms with Crippen LogP contribution in [0.15, 0.2) is 132 Å². The van der Waals surface area contributed by atoms with Crippen LogP contribution in [0.4, 0.5) is 0 Å². The first-order valence-electron chi connectivity index (χ1n) is 20.0. The monoisotopic (exact) mass is 846 g/mol. The van der Waals surface area contributed by atoms with E-state index in [9.17, 15) is 5.26 Å². The Morgan fingerprint density at radius 1 is 0.833 bits per heavy atom. The van der Waals surface area contributed by atoms with Crippen LogP contribution in [0.3, 0.4) is 0 Å². The summed E-state index contributed by atoms with van der Waals surface area (Å²) >= 11 is 1.54. The van der Waals surface area contributed by atoms with Gasteiger partial charge in [-0.1, -0.05) is 84.6 Å². The Bertz CT molecular complexity index is 2260. The maximum atomic E-state index is 9.43. The first kappa shape index (κ1) is 43.2. The highest BCUT2D eigenvalue weighted by molar-refractivity contribution is 7.99. The van der Waals surface area contributed by atoms with Crippen LogP contribution >= 0.6 is 20.3 Å². The molecule has 0 amide bonds. The molecule has 1 aliphatic heterocycles. The molecule has 60 heavy (non-hydrogen) atoms. The van der Waals surface area contributed by atoms with Gasteiger partial charge in [0.25, 0.3) is 8.53 Å². The molecular weight excluding hydrogens is 796 g/mol. The molecule has 4 aromatic carbocycles. The van der Waals surface area contributed by atoms with Crippen molar-refractivity contribution in [2.75, 3.05) is 27.4 Å². The molecule has 0 radical (unpaired) electrons. The van der Waals surface area contributed by atoms with Gasteiger partial charge in [0.15, 0.2) is 5.65 Å². The molecule has 1 aliphatic rings. The Morgan fingerprint density at radius 2 is 1.43 bits per heavy atom. The van der Waals surface area contributed by atoms with Crippen LogP contribution in [0.25, 0.3) is 11.2 Å². The summed E-state index contributed by atoms with van der Waals surface area (Å²) in [7, 11) is 1.70. The second kappa shape index (κ2) is 20.1. The van der Waals surface area contributed by atoms with E-state index in [0.29, 0.717) is 17.6 Å². The van der Waals surface area contributed by atoms with Crippen molar-refractivity contribution in [1.29, 1.82) is 5.26 Å². The molecule has 14 heteroatoms. The Morgan fingerprint density at radius 3 is 2.02 bits per heavy atom. The van der Waals surface area contributed by atoms with Crippen molar-refractivity contribution in [3.63, 3.8) is 0 Å². The van der Waals surface area contributed by atoms with Gasteiger partial charge in [0.2, 0.25) is 0 Å². The highest BCUT2D eigenvalue weighted by atomic mass is 32.2. The van der Waals surface area contributed by atoms with E-state index in [2.05, 4.69) is 55.6 Å². The number of imidazole rings is 1. The maximum absolute atomic E-state index is 9.43. The van der Waals surface area contributed by atoms with Crippen LogP contribution < -0.4 is 9.47 Å². The summed E-state index contributed by atoms with van der Waals surface area (Å²) in [5, 5.41) is 10.2. The van der Waals surface area contributed by atoms with E-state index in [4.69, 9.17) is 38.0 Å². The zero-order chi connectivity index (χ0) is 42.1. The predicted molar refractivity (Wildman–Crippen MR) is 233 cm³/mol. The largest absolute Gasteiger partial charge is 0.497 e. The third kappa shape index (κ3) is 9.51. The molecule has 1 fully saturated rings. The number of nitrogens with zero attached hydrogens (tertiary/aromatic N) is 6. The molecule has 1 unspecified atom stereocenters. The van der Waals surface area contributed by atoms with Gasteiger partial charge < -0.3 is 28.0 Å². The lowest BCUT2D eigenvalue weighted by Crippen LogP contribution is -2.39. The highest BCUT2D eigenvalue weighted by Crippen LogP contribution is 2.51. The smallest absolute Gasteiger partial charge is 0.259 e. The lowest BCUT2D eigenvalue weighted by atomic mass is 9.80. The number of methoxy groups -OCH3 is 2. The standard InChI is InChI=1S/C46H51N6O6PS/c1-32(2)52(33(3)4)59(56-27-13-26-47)58-40-28-42(51-31-50-43-44(51)48-30-49-45(43)60-39-16-11-8-12-17-39)57-41(40)29-55-46(34-14-9-7-10-15-34,35-18-22-37(53-5)23-19-35)36-20-24-38(54-6)25-21-36/h7-12,14-25,30-33,40-42H,13,27-29H2,1-6H3/t40-,41+,42+,59?/m0/s1. The van der Waals surface area contributed by atoms with Gasteiger partial charge in [-0.25, -0.2) is 19.6 Å². The van der Waals surface area contributed by atoms with Gasteiger partial charge >= 0.3 is 0 Å². The van der Waals surface area contributed by atoms with E-state index in [1.165, 1.54) is 11.8 Å². The van der Waals surface area contributed by atoms with E-state index in [1.807, 2.05) is 102 Å². The average molecular weight is 847 g/mol. The number of fused-ring (bicyclic) bond motifs is 1. The predicted octanol–water partition coefficient (Wildman–Crippen LogP) is 9.95. The number of rotatable bonds is 19. The number of ether oxygens (including phenoxy) is 4. The SMILES string of the molecule is COc1ccc(C(OC[C@H]2O[C@@H](n3cnc4c(Sc5ccccc5)ncnc43)C[C@@H]2OP(OCCC#N)N(C(C)C)C(C)C)(c2ccccc2)c2ccc(OC)cc2)cc1. The quantitative estimate of drug-likeness (QED) is 0.0333. The minimum atomic E-state index is -1.61. The number of aromatic nitrogens is 4. The third-order valence-electron chi connectivity index (χ3n) is 10.3. The fourth-order valence-electron chi connectivity index (χ4n) is 7.54. The van der Waals surface area contributed by atoms with E-state index in [-0.39, 0.29) is 31.7 Å². The number of nitriles is 1. The zero-order valence-electron chi connectivity index (χ0n) is 34.8. The van der Waals surface area contributed by atoms with Gasteiger partial charge in [-0.05, 0) is 80.8 Å². The number of hydrogen-bond donors (Lipinski definition) is 0. The van der Waals surface area contributed by atoms with Crippen LogP contribution in [0.5, 0.6) is 11.5 Å². The molecule has 7 rings (SSSR count). The first-order chi connectivity index (χ1) is 29.2. The summed E-state index contributed by atoms with van der Waals surface area (Å²) in [6, 6.07) is 38.6. The van der Waals surface area contributed by atoms with E-state index < -0.39 is 32.6 Å². The molecule has 1 saturated heterocycles. The molecule has 2 aromatic heterocycles. The van der Waals surface area contributed by atoms with Crippen molar-refractivity contribution < 1.29 is 28.0 Å². The first-order valence-corrected chi connectivity index (χ1v) is 22.0. The van der Waals surface area contributed by atoms with Crippen LogP contribution in [0.1, 0.15) is 63.5 Å². The maximum Gasteiger partial charge on any atom is 0.259 e. The zero-order valence-corrected chi connectivity index (χ0v) is 36.5. The van der Waals surface area contributed by atoms with Gasteiger partial charge in [-0.3, -0.25) is 4.57 Å². The van der Waals surface area contributed by atoms with Crippen molar-refractivity contribution in [2.24, 2.45) is 0 Å². The van der Waals surface area contributed by atoms with Crippen molar-refractivity contribution >= 4 is 31.5 Å². The average Bonchev–Trinajstić information content (AvgIpc) is 3.89. The van der Waals surface area contributed by atoms with Crippen LogP contribution in [-0.2, 0) is 24.1 Å². The van der Waals surface area contributed by atoms with Crippen molar-refractivity contribution in [2.45, 2.75) is 86.6 Å². The minimum absolute atomic E-state index is 0.108. The molecule has 0 aliphatic carbocycles. The van der Waals surface area contributed by atoms with Gasteiger partial charge in [0.05, 0.1) is 52.4 Å². The lowest BCUT2D eigenvalue weighted by molar-refractivity contribution is -0.0912. The fourth-order valence-corrected chi connectivity index (χ4v) is 10.2. The molecule has 3 heterocycles. The summed E-state index contributed by atoms with van der Waals surface area (Å²) in [5.41, 5.74) is 2.99. The van der Waals surface area contributed by atoms with Crippen LogP contribution in [0.2, 0.25) is 0 Å². The Labute approximate surface area is 357 Å². The Kier molecular flexibility index (Phi) is 14.5. The van der Waals surface area contributed by atoms with Crippen molar-refractivity contribution in [1.82, 2.24) is 24.2 Å². The molecule has 0 spiro atoms. The topological polar surface area (TPSA) is 126 Å². The van der Waals surface area contributed by atoms with Gasteiger partial charge in [0, 0.05) is 23.4 Å². The molecule has 12 nitrogen and oxygen atoms in total. The molecule has 0 N–H and O–H groups in total. The number of benzene rings is 4. The summed E-state index contributed by atoms with van der Waals surface area (Å²) in [5.74, 6) is 1.47. The molecular formula is C46H51N6O6PS. The van der Waals surface area contributed by atoms with Crippen molar-refractivity contribution in [3.8, 4) is 17.6 Å². The molecule has 0 bridgehead atoms. The molecule has 0 saturated carbocycles. The van der Waals surface area contributed by atoms with Gasteiger partial charge in [-0.15, -0.1) is 0 Å². The molecule has 312 valence electrons. The lowest BCUT2D eigenvalue weighted by Gasteiger charge is -2.39. The normalized spacial score (nSPS) is 17.4. The Hall–Kier alpha value is -4.90. The number of hydrogen-bond acceptors (Lipinski definition) is 12. The Balaban J connectivity index is 1.29.